The molecule has 0 aliphatic rings. The summed E-state index contributed by atoms with van der Waals surface area (Å²) in [6.45, 7) is 0. The van der Waals surface area contributed by atoms with Crippen LogP contribution in [0.25, 0.3) is 0 Å². The van der Waals surface area contributed by atoms with Crippen LogP contribution < -0.4 is 10.1 Å². The van der Waals surface area contributed by atoms with Crippen molar-refractivity contribution in [1.29, 1.82) is 0 Å². The monoisotopic (exact) mass is 277 g/mol. The zero-order valence-corrected chi connectivity index (χ0v) is 10.9. The lowest BCUT2D eigenvalue weighted by molar-refractivity contribution is 0.0698. The molecule has 0 aromatic heterocycles. The first kappa shape index (κ1) is 13.2. The predicted molar refractivity (Wildman–Crippen MR) is 74.7 cm³/mol. The number of methoxy groups -OCH3 is 1. The van der Waals surface area contributed by atoms with Crippen LogP contribution in [0.1, 0.15) is 10.4 Å². The molecule has 0 heterocycles. The average Bonchev–Trinajstić information content (AvgIpc) is 2.39. The van der Waals surface area contributed by atoms with Crippen molar-refractivity contribution < 1.29 is 14.6 Å². The fourth-order valence-corrected chi connectivity index (χ4v) is 1.94. The fourth-order valence-electron chi connectivity index (χ4n) is 1.68. The number of nitrogens with one attached hydrogen (secondary N) is 1. The van der Waals surface area contributed by atoms with Crippen molar-refractivity contribution in [3.8, 4) is 5.75 Å². The summed E-state index contributed by atoms with van der Waals surface area (Å²) < 4.78 is 5.06. The third kappa shape index (κ3) is 2.98. The average molecular weight is 278 g/mol. The van der Waals surface area contributed by atoms with E-state index in [1.165, 1.54) is 13.2 Å². The number of para-hydroxylation sites is 1. The number of aromatic carboxylic acids is 1. The number of anilines is 2. The van der Waals surface area contributed by atoms with Gasteiger partial charge in [-0.3, -0.25) is 0 Å². The van der Waals surface area contributed by atoms with Crippen LogP contribution in [0, 0.1) is 0 Å². The second kappa shape index (κ2) is 5.63. The van der Waals surface area contributed by atoms with Crippen LogP contribution in [-0.2, 0) is 0 Å². The number of benzene rings is 2. The Labute approximate surface area is 115 Å². The van der Waals surface area contributed by atoms with Crippen LogP contribution in [0.4, 0.5) is 11.4 Å². The first-order valence-electron chi connectivity index (χ1n) is 5.54. The van der Waals surface area contributed by atoms with Crippen LogP contribution in [0.15, 0.2) is 42.5 Å². The first-order valence-corrected chi connectivity index (χ1v) is 5.92. The van der Waals surface area contributed by atoms with Gasteiger partial charge in [-0.15, -0.1) is 0 Å². The number of hydrogen-bond acceptors (Lipinski definition) is 3. The molecule has 19 heavy (non-hydrogen) atoms. The van der Waals surface area contributed by atoms with Gasteiger partial charge in [-0.05, 0) is 30.3 Å². The predicted octanol–water partition coefficient (Wildman–Crippen LogP) is 3.79. The molecule has 0 spiro atoms. The SMILES string of the molecule is COc1ccc(Nc2ccccc2C(=O)O)cc1Cl. The van der Waals surface area contributed by atoms with E-state index in [-0.39, 0.29) is 5.56 Å². The highest BCUT2D eigenvalue weighted by atomic mass is 35.5. The number of rotatable bonds is 4. The highest BCUT2D eigenvalue weighted by Crippen LogP contribution is 2.29. The maximum Gasteiger partial charge on any atom is 0.337 e. The molecular weight excluding hydrogens is 266 g/mol. The number of carboxylic acid groups (broad SMARTS) is 1. The van der Waals surface area contributed by atoms with E-state index in [4.69, 9.17) is 21.4 Å². The van der Waals surface area contributed by atoms with Crippen molar-refractivity contribution in [1.82, 2.24) is 0 Å². The van der Waals surface area contributed by atoms with Gasteiger partial charge in [-0.2, -0.15) is 0 Å². The zero-order valence-electron chi connectivity index (χ0n) is 10.2. The molecule has 2 N–H and O–H groups in total. The maximum atomic E-state index is 11.1. The Bertz CT molecular complexity index is 613. The summed E-state index contributed by atoms with van der Waals surface area (Å²) in [5.41, 5.74) is 1.41. The molecule has 0 saturated heterocycles. The molecule has 0 bridgehead atoms. The smallest absolute Gasteiger partial charge is 0.337 e. The maximum absolute atomic E-state index is 11.1. The van der Waals surface area contributed by atoms with E-state index in [0.717, 1.165) is 0 Å². The number of hydrogen-bond donors (Lipinski definition) is 2. The fraction of sp³-hybridized carbons (Fsp3) is 0.0714. The lowest BCUT2D eigenvalue weighted by Crippen LogP contribution is -2.02. The summed E-state index contributed by atoms with van der Waals surface area (Å²) in [6.07, 6.45) is 0. The van der Waals surface area contributed by atoms with Gasteiger partial charge in [-0.1, -0.05) is 23.7 Å². The van der Waals surface area contributed by atoms with E-state index in [1.807, 2.05) is 0 Å². The number of halogens is 1. The van der Waals surface area contributed by atoms with Gasteiger partial charge in [0.15, 0.2) is 0 Å². The summed E-state index contributed by atoms with van der Waals surface area (Å²) in [4.78, 5) is 11.1. The molecule has 0 atom stereocenters. The minimum atomic E-state index is -0.984. The molecule has 5 heteroatoms. The minimum Gasteiger partial charge on any atom is -0.495 e. The summed E-state index contributed by atoms with van der Waals surface area (Å²) in [5, 5.41) is 12.6. The Hall–Kier alpha value is -2.20. The van der Waals surface area contributed by atoms with Crippen LogP contribution in [-0.4, -0.2) is 18.2 Å². The Morgan fingerprint density at radius 1 is 1.26 bits per heavy atom. The Morgan fingerprint density at radius 2 is 2.00 bits per heavy atom. The molecule has 0 aliphatic carbocycles. The van der Waals surface area contributed by atoms with Crippen molar-refractivity contribution in [2.24, 2.45) is 0 Å². The van der Waals surface area contributed by atoms with E-state index >= 15 is 0 Å². The normalized spacial score (nSPS) is 10.0. The van der Waals surface area contributed by atoms with Crippen molar-refractivity contribution in [3.63, 3.8) is 0 Å². The van der Waals surface area contributed by atoms with Crippen LogP contribution in [0.2, 0.25) is 5.02 Å². The summed E-state index contributed by atoms with van der Waals surface area (Å²) in [6, 6.07) is 11.8. The lowest BCUT2D eigenvalue weighted by Gasteiger charge is -2.11. The highest BCUT2D eigenvalue weighted by Gasteiger charge is 2.09. The first-order chi connectivity index (χ1) is 9.11. The summed E-state index contributed by atoms with van der Waals surface area (Å²) >= 11 is 6.02. The van der Waals surface area contributed by atoms with E-state index < -0.39 is 5.97 Å². The van der Waals surface area contributed by atoms with Crippen molar-refractivity contribution in [2.45, 2.75) is 0 Å². The standard InChI is InChI=1S/C14H12ClNO3/c1-19-13-7-6-9(8-11(13)15)16-12-5-3-2-4-10(12)14(17)18/h2-8,16H,1H3,(H,17,18). The van der Waals surface area contributed by atoms with E-state index in [2.05, 4.69) is 5.32 Å². The zero-order chi connectivity index (χ0) is 13.8. The van der Waals surface area contributed by atoms with Crippen LogP contribution in [0.3, 0.4) is 0 Å². The second-order valence-corrected chi connectivity index (χ2v) is 4.23. The van der Waals surface area contributed by atoms with Crippen molar-refractivity contribution >= 4 is 28.9 Å². The molecule has 98 valence electrons. The number of ether oxygens (including phenoxy) is 1. The van der Waals surface area contributed by atoms with Gasteiger partial charge in [0.2, 0.25) is 0 Å². The van der Waals surface area contributed by atoms with E-state index in [9.17, 15) is 4.79 Å². The summed E-state index contributed by atoms with van der Waals surface area (Å²) in [7, 11) is 1.54. The van der Waals surface area contributed by atoms with Gasteiger partial charge in [0.1, 0.15) is 5.75 Å². The molecule has 0 fully saturated rings. The molecule has 0 unspecified atom stereocenters. The minimum absolute atomic E-state index is 0.203. The van der Waals surface area contributed by atoms with Gasteiger partial charge in [0, 0.05) is 5.69 Å². The molecule has 2 rings (SSSR count). The number of carboxylic acids is 1. The molecule has 0 radical (unpaired) electrons. The second-order valence-electron chi connectivity index (χ2n) is 3.83. The Kier molecular flexibility index (Phi) is 3.92. The molecule has 2 aromatic rings. The van der Waals surface area contributed by atoms with Gasteiger partial charge in [-0.25, -0.2) is 4.79 Å². The quantitative estimate of drug-likeness (QED) is 0.893. The molecule has 0 amide bonds. The Balaban J connectivity index is 2.31. The summed E-state index contributed by atoms with van der Waals surface area (Å²) in [5.74, 6) is -0.415. The van der Waals surface area contributed by atoms with Crippen molar-refractivity contribution in [3.05, 3.63) is 53.1 Å². The molecule has 4 nitrogen and oxygen atoms in total. The van der Waals surface area contributed by atoms with Crippen molar-refractivity contribution in [2.75, 3.05) is 12.4 Å². The largest absolute Gasteiger partial charge is 0.495 e. The lowest BCUT2D eigenvalue weighted by atomic mass is 10.1. The molecule has 2 aromatic carbocycles. The number of carbonyl (C=O) groups is 1. The van der Waals surface area contributed by atoms with Gasteiger partial charge >= 0.3 is 5.97 Å². The van der Waals surface area contributed by atoms with Gasteiger partial charge in [0.05, 0.1) is 23.4 Å². The third-order valence-electron chi connectivity index (χ3n) is 2.59. The molecular formula is C14H12ClNO3. The Morgan fingerprint density at radius 3 is 2.63 bits per heavy atom. The van der Waals surface area contributed by atoms with E-state index in [0.29, 0.717) is 22.1 Å². The highest BCUT2D eigenvalue weighted by molar-refractivity contribution is 6.32. The molecule has 0 saturated carbocycles. The van der Waals surface area contributed by atoms with Gasteiger partial charge < -0.3 is 15.2 Å². The van der Waals surface area contributed by atoms with Crippen LogP contribution >= 0.6 is 11.6 Å². The van der Waals surface area contributed by atoms with Gasteiger partial charge in [0.25, 0.3) is 0 Å². The third-order valence-corrected chi connectivity index (χ3v) is 2.88. The molecule has 0 aliphatic heterocycles. The van der Waals surface area contributed by atoms with Crippen LogP contribution in [0.5, 0.6) is 5.75 Å². The topological polar surface area (TPSA) is 58.6 Å². The van der Waals surface area contributed by atoms with E-state index in [1.54, 1.807) is 36.4 Å².